The van der Waals surface area contributed by atoms with Crippen molar-refractivity contribution in [2.75, 3.05) is 26.2 Å². The molecule has 26 heavy (non-hydrogen) atoms. The molecule has 1 aliphatic heterocycles. The smallest absolute Gasteiger partial charge is 0.193 e. The van der Waals surface area contributed by atoms with Crippen LogP contribution < -0.4 is 5.32 Å². The number of nitrogens with zero attached hydrogens (tertiary/aromatic N) is 4. The quantitative estimate of drug-likeness (QED) is 0.492. The lowest BCUT2D eigenvalue weighted by Crippen LogP contribution is -2.40. The van der Waals surface area contributed by atoms with Crippen molar-refractivity contribution in [2.24, 2.45) is 4.99 Å². The molecule has 1 fully saturated rings. The van der Waals surface area contributed by atoms with Gasteiger partial charge >= 0.3 is 0 Å². The highest BCUT2D eigenvalue weighted by Crippen LogP contribution is 2.26. The first-order valence-corrected chi connectivity index (χ1v) is 9.76. The zero-order valence-electron chi connectivity index (χ0n) is 16.3. The zero-order chi connectivity index (χ0) is 18.4. The predicted molar refractivity (Wildman–Crippen MR) is 108 cm³/mol. The maximum absolute atomic E-state index is 4.87. The maximum atomic E-state index is 4.87. The minimum Gasteiger partial charge on any atom is -0.357 e. The van der Waals surface area contributed by atoms with Crippen LogP contribution in [0.2, 0.25) is 0 Å². The zero-order valence-corrected chi connectivity index (χ0v) is 16.3. The molecule has 1 aromatic carbocycles. The lowest BCUT2D eigenvalue weighted by molar-refractivity contribution is 0.483. The van der Waals surface area contributed by atoms with E-state index in [1.165, 1.54) is 17.7 Å². The molecule has 1 saturated heterocycles. The minimum absolute atomic E-state index is 0.606. The molecule has 1 atom stereocenters. The molecule has 5 nitrogen and oxygen atoms in total. The summed E-state index contributed by atoms with van der Waals surface area (Å²) < 4.78 is 2.08. The summed E-state index contributed by atoms with van der Waals surface area (Å²) in [5.41, 5.74) is 3.75. The van der Waals surface area contributed by atoms with Gasteiger partial charge in [-0.15, -0.1) is 0 Å². The fraction of sp³-hybridized carbons (Fsp3) is 0.524. The third kappa shape index (κ3) is 4.65. The Kier molecular flexibility index (Phi) is 6.31. The van der Waals surface area contributed by atoms with E-state index in [1.807, 2.05) is 6.92 Å². The highest BCUT2D eigenvalue weighted by Gasteiger charge is 2.25. The third-order valence-corrected chi connectivity index (χ3v) is 4.99. The van der Waals surface area contributed by atoms with Gasteiger partial charge in [-0.1, -0.05) is 30.3 Å². The largest absolute Gasteiger partial charge is 0.357 e. The van der Waals surface area contributed by atoms with Crippen LogP contribution in [0.25, 0.3) is 0 Å². The topological polar surface area (TPSA) is 45.5 Å². The van der Waals surface area contributed by atoms with Gasteiger partial charge in [0, 0.05) is 44.3 Å². The van der Waals surface area contributed by atoms with Crippen LogP contribution in [0, 0.1) is 13.8 Å². The first-order chi connectivity index (χ1) is 12.7. The minimum atomic E-state index is 0.606. The molecule has 1 unspecified atom stereocenters. The van der Waals surface area contributed by atoms with Crippen molar-refractivity contribution in [3.8, 4) is 0 Å². The molecule has 0 saturated carbocycles. The molecule has 2 aromatic rings. The van der Waals surface area contributed by atoms with Crippen molar-refractivity contribution in [1.82, 2.24) is 20.0 Å². The van der Waals surface area contributed by atoms with E-state index in [4.69, 9.17) is 4.99 Å². The Hall–Kier alpha value is -2.30. The van der Waals surface area contributed by atoms with Gasteiger partial charge in [0.15, 0.2) is 5.96 Å². The monoisotopic (exact) mass is 353 g/mol. The van der Waals surface area contributed by atoms with Gasteiger partial charge in [-0.2, -0.15) is 5.10 Å². The molecule has 0 aliphatic carbocycles. The van der Waals surface area contributed by atoms with E-state index in [0.717, 1.165) is 50.8 Å². The lowest BCUT2D eigenvalue weighted by Gasteiger charge is -2.21. The number of aliphatic imine (C=N–C) groups is 1. The number of guanidine groups is 1. The van der Waals surface area contributed by atoms with Crippen LogP contribution in [0.4, 0.5) is 0 Å². The van der Waals surface area contributed by atoms with Crippen LogP contribution in [-0.2, 0) is 6.54 Å². The Balaban J connectivity index is 1.55. The Morgan fingerprint density at radius 3 is 2.77 bits per heavy atom. The summed E-state index contributed by atoms with van der Waals surface area (Å²) in [5, 5.41) is 7.99. The van der Waals surface area contributed by atoms with Gasteiger partial charge in [-0.3, -0.25) is 9.67 Å². The molecule has 5 heteroatoms. The van der Waals surface area contributed by atoms with E-state index in [2.05, 4.69) is 70.2 Å². The lowest BCUT2D eigenvalue weighted by atomic mass is 9.99. The fourth-order valence-electron chi connectivity index (χ4n) is 3.68. The van der Waals surface area contributed by atoms with Gasteiger partial charge in [0.05, 0.1) is 5.69 Å². The maximum Gasteiger partial charge on any atom is 0.193 e. The number of hydrogen-bond donors (Lipinski definition) is 1. The Bertz CT molecular complexity index is 719. The first kappa shape index (κ1) is 18.5. The van der Waals surface area contributed by atoms with Crippen LogP contribution in [0.3, 0.4) is 0 Å². The summed E-state index contributed by atoms with van der Waals surface area (Å²) in [4.78, 5) is 7.27. The second kappa shape index (κ2) is 8.88. The molecule has 3 rings (SSSR count). The molecular weight excluding hydrogens is 322 g/mol. The summed E-state index contributed by atoms with van der Waals surface area (Å²) in [6.45, 7) is 11.1. The molecule has 1 aliphatic rings. The van der Waals surface area contributed by atoms with Crippen molar-refractivity contribution < 1.29 is 0 Å². The van der Waals surface area contributed by atoms with Gasteiger partial charge in [0.25, 0.3) is 0 Å². The number of hydrogen-bond acceptors (Lipinski definition) is 2. The van der Waals surface area contributed by atoms with Gasteiger partial charge in [0.1, 0.15) is 0 Å². The van der Waals surface area contributed by atoms with E-state index in [0.29, 0.717) is 5.92 Å². The number of rotatable bonds is 6. The number of aromatic nitrogens is 2. The van der Waals surface area contributed by atoms with Crippen molar-refractivity contribution in [2.45, 2.75) is 46.1 Å². The Morgan fingerprint density at radius 1 is 1.27 bits per heavy atom. The van der Waals surface area contributed by atoms with E-state index in [-0.39, 0.29) is 0 Å². The molecule has 1 aromatic heterocycles. The molecule has 2 heterocycles. The average Bonchev–Trinajstić information content (AvgIpc) is 3.25. The van der Waals surface area contributed by atoms with Gasteiger partial charge in [-0.05, 0) is 45.2 Å². The fourth-order valence-corrected chi connectivity index (χ4v) is 3.68. The van der Waals surface area contributed by atoms with Gasteiger partial charge in [-0.25, -0.2) is 0 Å². The van der Waals surface area contributed by atoms with Crippen LogP contribution in [-0.4, -0.2) is 46.8 Å². The summed E-state index contributed by atoms with van der Waals surface area (Å²) in [6, 6.07) is 13.0. The van der Waals surface area contributed by atoms with Crippen molar-refractivity contribution >= 4 is 5.96 Å². The molecule has 1 N–H and O–H groups in total. The van der Waals surface area contributed by atoms with Crippen LogP contribution in [0.15, 0.2) is 41.4 Å². The molecular formula is C21H31N5. The average molecular weight is 354 g/mol. The highest BCUT2D eigenvalue weighted by molar-refractivity contribution is 5.80. The molecule has 0 radical (unpaired) electrons. The number of likely N-dealkylation sites (tertiary alicyclic amines) is 1. The standard InChI is InChI=1S/C21H31N5/c1-4-22-21(23-12-8-13-26-18(3)15-17(2)24-26)25-14-11-20(16-25)19-9-6-5-7-10-19/h5-7,9-10,15,20H,4,8,11-14,16H2,1-3H3,(H,22,23). The van der Waals surface area contributed by atoms with Crippen LogP contribution in [0.1, 0.15) is 42.6 Å². The van der Waals surface area contributed by atoms with Crippen molar-refractivity contribution in [3.05, 3.63) is 53.3 Å². The van der Waals surface area contributed by atoms with E-state index in [1.54, 1.807) is 0 Å². The summed E-state index contributed by atoms with van der Waals surface area (Å²) >= 11 is 0. The second-order valence-electron chi connectivity index (χ2n) is 7.08. The number of benzene rings is 1. The number of nitrogens with one attached hydrogen (secondary N) is 1. The Labute approximate surface area is 157 Å². The van der Waals surface area contributed by atoms with E-state index < -0.39 is 0 Å². The van der Waals surface area contributed by atoms with Crippen LogP contribution in [0.5, 0.6) is 0 Å². The SMILES string of the molecule is CCNC(=NCCCn1nc(C)cc1C)N1CCC(c2ccccc2)C1. The van der Waals surface area contributed by atoms with Crippen molar-refractivity contribution in [3.63, 3.8) is 0 Å². The summed E-state index contributed by atoms with van der Waals surface area (Å²) in [6.07, 6.45) is 2.20. The van der Waals surface area contributed by atoms with E-state index in [9.17, 15) is 0 Å². The van der Waals surface area contributed by atoms with Crippen LogP contribution >= 0.6 is 0 Å². The predicted octanol–water partition coefficient (Wildman–Crippen LogP) is 3.35. The normalized spacial score (nSPS) is 17.7. The molecule has 0 bridgehead atoms. The number of aryl methyl sites for hydroxylation is 3. The van der Waals surface area contributed by atoms with Gasteiger partial charge in [0.2, 0.25) is 0 Å². The van der Waals surface area contributed by atoms with Gasteiger partial charge < -0.3 is 10.2 Å². The first-order valence-electron chi connectivity index (χ1n) is 9.76. The molecule has 140 valence electrons. The Morgan fingerprint density at radius 2 is 2.08 bits per heavy atom. The third-order valence-electron chi connectivity index (χ3n) is 4.99. The summed E-state index contributed by atoms with van der Waals surface area (Å²) in [5.74, 6) is 1.66. The molecule has 0 spiro atoms. The molecule has 0 amide bonds. The highest BCUT2D eigenvalue weighted by atomic mass is 15.3. The summed E-state index contributed by atoms with van der Waals surface area (Å²) in [7, 11) is 0. The van der Waals surface area contributed by atoms with E-state index >= 15 is 0 Å². The van der Waals surface area contributed by atoms with Crippen molar-refractivity contribution in [1.29, 1.82) is 0 Å². The second-order valence-corrected chi connectivity index (χ2v) is 7.08.